The van der Waals surface area contributed by atoms with Crippen molar-refractivity contribution in [3.05, 3.63) is 52.9 Å². The number of nitrogens with one attached hydrogen (secondary N) is 1. The van der Waals surface area contributed by atoms with Gasteiger partial charge in [0, 0.05) is 19.0 Å². The Kier molecular flexibility index (Phi) is 2.94. The van der Waals surface area contributed by atoms with Gasteiger partial charge in [-0.25, -0.2) is 9.48 Å². The summed E-state index contributed by atoms with van der Waals surface area (Å²) in [7, 11) is 1.72. The fraction of sp³-hybridized carbons (Fsp3) is 0.400. The third kappa shape index (κ3) is 1.89. The van der Waals surface area contributed by atoms with Crippen LogP contribution in [0.3, 0.4) is 0 Å². The maximum Gasteiger partial charge on any atom is 0.318 e. The van der Waals surface area contributed by atoms with Gasteiger partial charge in [0.25, 0.3) is 0 Å². The maximum absolute atomic E-state index is 12.3. The number of benzene rings is 1. The molecule has 2 fully saturated rings. The lowest BCUT2D eigenvalue weighted by Crippen LogP contribution is -2.35. The Bertz CT molecular complexity index is 895. The number of carbonyl (C=O) groups is 1. The number of likely N-dealkylation sites (tertiary alicyclic amines) is 1. The second-order valence-electron chi connectivity index (χ2n) is 7.41. The highest BCUT2D eigenvalue weighted by atomic mass is 16.2. The molecule has 0 bridgehead atoms. The van der Waals surface area contributed by atoms with Gasteiger partial charge in [0.05, 0.1) is 29.2 Å². The second kappa shape index (κ2) is 4.97. The van der Waals surface area contributed by atoms with Crippen LogP contribution in [0.1, 0.15) is 36.1 Å². The van der Waals surface area contributed by atoms with E-state index in [0.29, 0.717) is 6.04 Å². The van der Waals surface area contributed by atoms with E-state index < -0.39 is 0 Å². The Balaban J connectivity index is 1.58. The Labute approximate surface area is 147 Å². The molecule has 1 N–H and O–H groups in total. The zero-order chi connectivity index (χ0) is 17.2. The lowest BCUT2D eigenvalue weighted by molar-refractivity contribution is 0.224. The first-order valence-electron chi connectivity index (χ1n) is 9.01. The highest BCUT2D eigenvalue weighted by Crippen LogP contribution is 2.58. The molecule has 2 aromatic rings. The summed E-state index contributed by atoms with van der Waals surface area (Å²) in [6.45, 7) is 2.09. The van der Waals surface area contributed by atoms with Crippen LogP contribution in [-0.4, -0.2) is 39.3 Å². The van der Waals surface area contributed by atoms with Crippen molar-refractivity contribution in [2.24, 2.45) is 0 Å². The first-order valence-corrected chi connectivity index (χ1v) is 9.01. The molecule has 2 heterocycles. The number of aryl methyl sites for hydroxylation is 1. The molecule has 2 amide bonds. The fourth-order valence-corrected chi connectivity index (χ4v) is 4.82. The van der Waals surface area contributed by atoms with Crippen molar-refractivity contribution in [2.45, 2.75) is 44.2 Å². The summed E-state index contributed by atoms with van der Waals surface area (Å²) in [6.07, 6.45) is 8.48. The lowest BCUT2D eigenvalue weighted by Gasteiger charge is -2.28. The zero-order valence-corrected chi connectivity index (χ0v) is 14.6. The normalized spacial score (nSPS) is 26.2. The van der Waals surface area contributed by atoms with E-state index >= 15 is 0 Å². The van der Waals surface area contributed by atoms with Crippen LogP contribution in [0, 0.1) is 6.92 Å². The van der Waals surface area contributed by atoms with Crippen molar-refractivity contribution in [3.8, 4) is 5.69 Å². The number of hydrogen-bond acceptors (Lipinski definition) is 2. The molecular weight excluding hydrogens is 312 g/mol. The van der Waals surface area contributed by atoms with E-state index in [9.17, 15) is 4.79 Å². The van der Waals surface area contributed by atoms with Crippen molar-refractivity contribution < 1.29 is 4.79 Å². The number of amides is 2. The number of hydrogen-bond donors (Lipinski definition) is 1. The molecule has 2 aliphatic carbocycles. The Morgan fingerprint density at radius 3 is 2.88 bits per heavy atom. The van der Waals surface area contributed by atoms with Crippen LogP contribution in [0.25, 0.3) is 11.8 Å². The molecule has 25 heavy (non-hydrogen) atoms. The Hall–Kier alpha value is -2.56. The van der Waals surface area contributed by atoms with Gasteiger partial charge in [0.1, 0.15) is 0 Å². The van der Waals surface area contributed by atoms with Gasteiger partial charge in [-0.15, -0.1) is 0 Å². The average molecular weight is 334 g/mol. The number of aromatic nitrogens is 2. The third-order valence-corrected chi connectivity index (χ3v) is 6.07. The summed E-state index contributed by atoms with van der Waals surface area (Å²) in [5.41, 5.74) is 6.06. The summed E-state index contributed by atoms with van der Waals surface area (Å²) >= 11 is 0. The number of urea groups is 1. The predicted molar refractivity (Wildman–Crippen MR) is 96.6 cm³/mol. The van der Waals surface area contributed by atoms with E-state index in [0.717, 1.165) is 31.4 Å². The molecule has 5 nitrogen and oxygen atoms in total. The van der Waals surface area contributed by atoms with Gasteiger partial charge < -0.3 is 10.2 Å². The summed E-state index contributed by atoms with van der Waals surface area (Å²) in [6, 6.07) is 8.86. The molecule has 1 saturated carbocycles. The van der Waals surface area contributed by atoms with Gasteiger partial charge in [0.15, 0.2) is 0 Å². The number of fused-ring (bicyclic) bond motifs is 1. The molecule has 2 atom stereocenters. The molecule has 1 spiro atoms. The van der Waals surface area contributed by atoms with Crippen LogP contribution in [0.15, 0.2) is 36.0 Å². The minimum absolute atomic E-state index is 0.0483. The van der Waals surface area contributed by atoms with E-state index in [4.69, 9.17) is 0 Å². The highest BCUT2D eigenvalue weighted by Gasteiger charge is 2.68. The zero-order valence-electron chi connectivity index (χ0n) is 14.6. The van der Waals surface area contributed by atoms with E-state index in [1.54, 1.807) is 7.05 Å². The number of nitrogens with zero attached hydrogens (tertiary/aromatic N) is 3. The van der Waals surface area contributed by atoms with Crippen LogP contribution >= 0.6 is 0 Å². The topological polar surface area (TPSA) is 49.9 Å². The average Bonchev–Trinajstić information content (AvgIpc) is 3.11. The first kappa shape index (κ1) is 14.8. The molecule has 1 saturated heterocycles. The van der Waals surface area contributed by atoms with Crippen LogP contribution in [0.5, 0.6) is 0 Å². The highest BCUT2D eigenvalue weighted by molar-refractivity contribution is 5.83. The van der Waals surface area contributed by atoms with E-state index in [2.05, 4.69) is 52.6 Å². The molecule has 1 aromatic carbocycles. The Morgan fingerprint density at radius 1 is 1.32 bits per heavy atom. The molecule has 128 valence electrons. The van der Waals surface area contributed by atoms with Crippen molar-refractivity contribution in [2.75, 3.05) is 7.05 Å². The molecule has 1 aliphatic heterocycles. The SMILES string of the molecule is CNC(=O)N1C2CCCC3=Cc4c(cnn4-c4ccc(C)cc4)CC321. The number of carbonyl (C=O) groups excluding carboxylic acids is 1. The van der Waals surface area contributed by atoms with E-state index in [-0.39, 0.29) is 11.6 Å². The van der Waals surface area contributed by atoms with Gasteiger partial charge >= 0.3 is 6.03 Å². The first-order chi connectivity index (χ1) is 12.1. The molecular formula is C20H22N4O. The largest absolute Gasteiger partial charge is 0.341 e. The monoisotopic (exact) mass is 334 g/mol. The van der Waals surface area contributed by atoms with Crippen molar-refractivity contribution >= 4 is 12.1 Å². The molecule has 3 aliphatic rings. The smallest absolute Gasteiger partial charge is 0.318 e. The van der Waals surface area contributed by atoms with Crippen molar-refractivity contribution in [3.63, 3.8) is 0 Å². The molecule has 5 rings (SSSR count). The van der Waals surface area contributed by atoms with E-state index in [1.165, 1.54) is 22.4 Å². The van der Waals surface area contributed by atoms with Crippen molar-refractivity contribution in [1.29, 1.82) is 0 Å². The Morgan fingerprint density at radius 2 is 2.12 bits per heavy atom. The van der Waals surface area contributed by atoms with Crippen molar-refractivity contribution in [1.82, 2.24) is 20.0 Å². The van der Waals surface area contributed by atoms with Gasteiger partial charge in [-0.3, -0.25) is 0 Å². The van der Waals surface area contributed by atoms with Crippen LogP contribution in [-0.2, 0) is 6.42 Å². The third-order valence-electron chi connectivity index (χ3n) is 6.07. The minimum atomic E-state index is -0.0908. The van der Waals surface area contributed by atoms with Gasteiger partial charge in [-0.1, -0.05) is 17.7 Å². The summed E-state index contributed by atoms with van der Waals surface area (Å²) in [4.78, 5) is 14.4. The van der Waals surface area contributed by atoms with Crippen LogP contribution in [0.4, 0.5) is 4.79 Å². The summed E-state index contributed by atoms with van der Waals surface area (Å²) in [5.74, 6) is 0. The van der Waals surface area contributed by atoms with Crippen LogP contribution in [0.2, 0.25) is 0 Å². The predicted octanol–water partition coefficient (Wildman–Crippen LogP) is 3.07. The molecule has 1 aromatic heterocycles. The fourth-order valence-electron chi connectivity index (χ4n) is 4.82. The van der Waals surface area contributed by atoms with Gasteiger partial charge in [-0.05, 0) is 50.0 Å². The molecule has 5 heteroatoms. The maximum atomic E-state index is 12.3. The standard InChI is InChI=1S/C20H22N4O/c1-13-6-8-16(9-7-13)24-17-10-15-4-3-5-18-20(15,11-14(17)12-22-24)23(18)19(25)21-2/h6-10,12,18H,3-5,11H2,1-2H3,(H,21,25). The second-order valence-corrected chi connectivity index (χ2v) is 7.41. The van der Waals surface area contributed by atoms with Gasteiger partial charge in [0.2, 0.25) is 0 Å². The summed E-state index contributed by atoms with van der Waals surface area (Å²) < 4.78 is 2.03. The number of rotatable bonds is 1. The molecule has 0 radical (unpaired) electrons. The quantitative estimate of drug-likeness (QED) is 0.815. The molecule has 2 unspecified atom stereocenters. The lowest BCUT2D eigenvalue weighted by atomic mass is 9.76. The minimum Gasteiger partial charge on any atom is -0.341 e. The van der Waals surface area contributed by atoms with Gasteiger partial charge in [-0.2, -0.15) is 5.10 Å². The van der Waals surface area contributed by atoms with E-state index in [1.807, 2.05) is 10.9 Å². The van der Waals surface area contributed by atoms with Crippen LogP contribution < -0.4 is 5.32 Å². The summed E-state index contributed by atoms with van der Waals surface area (Å²) in [5, 5.41) is 7.46.